The number of hydrogen-bond donors (Lipinski definition) is 3. The van der Waals surface area contributed by atoms with Crippen LogP contribution in [0.1, 0.15) is 76.4 Å². The van der Waals surface area contributed by atoms with Crippen molar-refractivity contribution in [1.82, 2.24) is 30.6 Å². The van der Waals surface area contributed by atoms with Gasteiger partial charge in [0.25, 0.3) is 6.71 Å². The number of H-pyrrole nitrogens is 3. The summed E-state index contributed by atoms with van der Waals surface area (Å²) in [6.07, 6.45) is 6.07. The van der Waals surface area contributed by atoms with E-state index in [-0.39, 0.29) is 6.71 Å². The summed E-state index contributed by atoms with van der Waals surface area (Å²) in [5.74, 6) is 1.02. The molecule has 0 atom stereocenters. The third kappa shape index (κ3) is 3.15. The molecule has 25 heavy (non-hydrogen) atoms. The van der Waals surface area contributed by atoms with Gasteiger partial charge in [0, 0.05) is 18.6 Å². The van der Waals surface area contributed by atoms with E-state index in [0.29, 0.717) is 17.8 Å². The van der Waals surface area contributed by atoms with Crippen LogP contribution in [0.4, 0.5) is 0 Å². The van der Waals surface area contributed by atoms with Gasteiger partial charge in [0.1, 0.15) is 0 Å². The van der Waals surface area contributed by atoms with E-state index in [2.05, 4.69) is 72.1 Å². The van der Waals surface area contributed by atoms with Gasteiger partial charge in [-0.25, -0.2) is 0 Å². The number of hydrogen-bond acceptors (Lipinski definition) is 3. The van der Waals surface area contributed by atoms with Crippen molar-refractivity contribution in [1.29, 1.82) is 0 Å². The Morgan fingerprint density at radius 2 is 0.880 bits per heavy atom. The van der Waals surface area contributed by atoms with Gasteiger partial charge in [0.15, 0.2) is 0 Å². The summed E-state index contributed by atoms with van der Waals surface area (Å²) in [5, 5.41) is 22.8. The topological polar surface area (TPSA) is 86.0 Å². The molecule has 0 unspecified atom stereocenters. The number of nitrogens with zero attached hydrogens (tertiary/aromatic N) is 3. The molecule has 0 saturated carbocycles. The zero-order chi connectivity index (χ0) is 18.1. The number of aromatic nitrogens is 6. The smallest absolute Gasteiger partial charge is 0.254 e. The Labute approximate surface area is 149 Å². The van der Waals surface area contributed by atoms with Crippen molar-refractivity contribution in [2.24, 2.45) is 0 Å². The summed E-state index contributed by atoms with van der Waals surface area (Å²) in [5.41, 5.74) is 6.87. The molecule has 0 aliphatic rings. The van der Waals surface area contributed by atoms with E-state index in [1.54, 1.807) is 0 Å². The Kier molecular flexibility index (Phi) is 4.83. The van der Waals surface area contributed by atoms with E-state index < -0.39 is 0 Å². The Balaban J connectivity index is 2.23. The fourth-order valence-electron chi connectivity index (χ4n) is 3.51. The van der Waals surface area contributed by atoms with Gasteiger partial charge in [-0.2, -0.15) is 15.3 Å². The molecule has 3 N–H and O–H groups in total. The van der Waals surface area contributed by atoms with Crippen LogP contribution in [-0.4, -0.2) is 37.3 Å². The largest absolute Gasteiger partial charge is 0.286 e. The molecule has 0 fully saturated rings. The standard InChI is InChI=1S/C18H27BN6/c1-10(2)16-13(7-20-23-16)19(14-8-21-24-17(14)11(3)4)15-9-22-25-18(15)12(5)6/h7-12H,1-6H3,(H,20,23)(H,21,24)(H,22,25). The van der Waals surface area contributed by atoms with Crippen LogP contribution in [0.25, 0.3) is 0 Å². The molecule has 0 radical (unpaired) electrons. The lowest BCUT2D eigenvalue weighted by atomic mass is 9.36. The van der Waals surface area contributed by atoms with E-state index in [1.807, 2.05) is 18.6 Å². The lowest BCUT2D eigenvalue weighted by Gasteiger charge is -2.18. The van der Waals surface area contributed by atoms with Crippen molar-refractivity contribution in [3.63, 3.8) is 0 Å². The lowest BCUT2D eigenvalue weighted by Crippen LogP contribution is -2.54. The highest BCUT2D eigenvalue weighted by Gasteiger charge is 2.33. The van der Waals surface area contributed by atoms with Crippen molar-refractivity contribution in [3.8, 4) is 0 Å². The van der Waals surface area contributed by atoms with Crippen LogP contribution in [0.5, 0.6) is 0 Å². The molecule has 0 spiro atoms. The Morgan fingerprint density at radius 1 is 0.600 bits per heavy atom. The molecule has 0 bridgehead atoms. The molecule has 3 aromatic heterocycles. The van der Waals surface area contributed by atoms with Crippen LogP contribution < -0.4 is 16.4 Å². The van der Waals surface area contributed by atoms with Gasteiger partial charge >= 0.3 is 0 Å². The highest BCUT2D eigenvalue weighted by Crippen LogP contribution is 2.15. The molecular formula is C18H27BN6. The molecule has 3 heterocycles. The fourth-order valence-corrected chi connectivity index (χ4v) is 3.51. The minimum atomic E-state index is 0.0587. The zero-order valence-electron chi connectivity index (χ0n) is 15.9. The van der Waals surface area contributed by atoms with E-state index >= 15 is 0 Å². The summed E-state index contributed by atoms with van der Waals surface area (Å²) in [7, 11) is 0. The Hall–Kier alpha value is -2.31. The van der Waals surface area contributed by atoms with E-state index in [9.17, 15) is 0 Å². The summed E-state index contributed by atoms with van der Waals surface area (Å²) in [6.45, 7) is 13.1. The van der Waals surface area contributed by atoms with E-state index in [0.717, 1.165) is 17.1 Å². The third-order valence-corrected chi connectivity index (χ3v) is 4.68. The first-order chi connectivity index (χ1) is 11.9. The van der Waals surface area contributed by atoms with E-state index in [4.69, 9.17) is 0 Å². The third-order valence-electron chi connectivity index (χ3n) is 4.68. The first-order valence-corrected chi connectivity index (χ1v) is 9.02. The van der Waals surface area contributed by atoms with Gasteiger partial charge in [-0.15, -0.1) is 0 Å². The maximum atomic E-state index is 4.52. The number of nitrogens with one attached hydrogen (secondary N) is 3. The predicted octanol–water partition coefficient (Wildman–Crippen LogP) is 1.74. The van der Waals surface area contributed by atoms with Crippen molar-refractivity contribution < 1.29 is 0 Å². The van der Waals surface area contributed by atoms with Crippen LogP contribution in [-0.2, 0) is 0 Å². The zero-order valence-corrected chi connectivity index (χ0v) is 15.9. The van der Waals surface area contributed by atoms with Gasteiger partial charge in [0.2, 0.25) is 0 Å². The highest BCUT2D eigenvalue weighted by molar-refractivity contribution is 6.96. The molecule has 0 aliphatic heterocycles. The van der Waals surface area contributed by atoms with Crippen LogP contribution >= 0.6 is 0 Å². The second-order valence-electron chi connectivity index (χ2n) is 7.57. The Bertz CT molecular complexity index is 716. The summed E-state index contributed by atoms with van der Waals surface area (Å²) >= 11 is 0. The fraction of sp³-hybridized carbons (Fsp3) is 0.500. The van der Waals surface area contributed by atoms with Gasteiger partial charge < -0.3 is 0 Å². The van der Waals surface area contributed by atoms with Crippen LogP contribution in [0.15, 0.2) is 18.6 Å². The molecule has 0 amide bonds. The van der Waals surface area contributed by atoms with Gasteiger partial charge in [-0.1, -0.05) is 41.5 Å². The average Bonchev–Trinajstić information content (AvgIpc) is 3.28. The molecule has 3 aromatic rings. The molecule has 7 heteroatoms. The maximum absolute atomic E-state index is 4.52. The van der Waals surface area contributed by atoms with Gasteiger partial charge in [-0.3, -0.25) is 15.3 Å². The first-order valence-electron chi connectivity index (χ1n) is 9.02. The molecule has 132 valence electrons. The molecule has 0 aliphatic carbocycles. The number of aromatic amines is 3. The van der Waals surface area contributed by atoms with Crippen LogP contribution in [0.2, 0.25) is 0 Å². The van der Waals surface area contributed by atoms with Crippen molar-refractivity contribution in [2.45, 2.75) is 59.3 Å². The molecule has 3 rings (SSSR count). The highest BCUT2D eigenvalue weighted by atomic mass is 15.1. The van der Waals surface area contributed by atoms with Crippen molar-refractivity contribution in [3.05, 3.63) is 35.7 Å². The Morgan fingerprint density at radius 3 is 1.12 bits per heavy atom. The van der Waals surface area contributed by atoms with Gasteiger partial charge in [-0.05, 0) is 34.1 Å². The van der Waals surface area contributed by atoms with Crippen molar-refractivity contribution >= 4 is 23.1 Å². The van der Waals surface area contributed by atoms with Crippen LogP contribution in [0, 0.1) is 0 Å². The average molecular weight is 338 g/mol. The molecule has 0 saturated heterocycles. The van der Waals surface area contributed by atoms with Crippen LogP contribution in [0.3, 0.4) is 0 Å². The minimum absolute atomic E-state index is 0.0587. The SMILES string of the molecule is CC(C)c1n[nH]cc1B(c1c[nH]nc1C(C)C)c1c[nH]nc1C(C)C. The van der Waals surface area contributed by atoms with Gasteiger partial charge in [0.05, 0.1) is 17.1 Å². The minimum Gasteiger partial charge on any atom is -0.286 e. The maximum Gasteiger partial charge on any atom is 0.254 e. The summed E-state index contributed by atoms with van der Waals surface area (Å²) in [4.78, 5) is 0. The predicted molar refractivity (Wildman–Crippen MR) is 103 cm³/mol. The molecule has 6 nitrogen and oxygen atoms in total. The number of rotatable bonds is 6. The van der Waals surface area contributed by atoms with Crippen molar-refractivity contribution in [2.75, 3.05) is 0 Å². The summed E-state index contributed by atoms with van der Waals surface area (Å²) in [6, 6.07) is 0. The normalized spacial score (nSPS) is 11.9. The molecule has 0 aromatic carbocycles. The molecular weight excluding hydrogens is 311 g/mol. The monoisotopic (exact) mass is 338 g/mol. The quantitative estimate of drug-likeness (QED) is 0.599. The second-order valence-corrected chi connectivity index (χ2v) is 7.57. The first kappa shape index (κ1) is 17.5. The second kappa shape index (κ2) is 6.90. The lowest BCUT2D eigenvalue weighted by molar-refractivity contribution is 0.811. The summed E-state index contributed by atoms with van der Waals surface area (Å²) < 4.78 is 0. The van der Waals surface area contributed by atoms with E-state index in [1.165, 1.54) is 16.4 Å².